The summed E-state index contributed by atoms with van der Waals surface area (Å²) >= 11 is 0. The molecule has 1 saturated carbocycles. The Morgan fingerprint density at radius 2 is 2.05 bits per heavy atom. The van der Waals surface area contributed by atoms with E-state index in [0.717, 1.165) is 36.1 Å². The Morgan fingerprint density at radius 3 is 2.76 bits per heavy atom. The molecule has 0 saturated heterocycles. The molecule has 1 aromatic carbocycles. The van der Waals surface area contributed by atoms with Gasteiger partial charge in [0.05, 0.1) is 13.2 Å². The van der Waals surface area contributed by atoms with Crippen molar-refractivity contribution in [2.75, 3.05) is 25.1 Å². The molecule has 2 atom stereocenters. The van der Waals surface area contributed by atoms with Gasteiger partial charge >= 0.3 is 0 Å². The topological polar surface area (TPSA) is 68.9 Å². The number of hydrogen-bond acceptors (Lipinski definition) is 3. The average Bonchev–Trinajstić information content (AvgIpc) is 3.18. The lowest BCUT2D eigenvalue weighted by atomic mass is 10.3. The van der Waals surface area contributed by atoms with Crippen LogP contribution < -0.4 is 20.5 Å². The maximum absolute atomic E-state index is 5.90. The van der Waals surface area contributed by atoms with E-state index in [4.69, 9.17) is 15.2 Å². The molecule has 1 aliphatic heterocycles. The van der Waals surface area contributed by atoms with E-state index in [-0.39, 0.29) is 24.0 Å². The van der Waals surface area contributed by atoms with Crippen molar-refractivity contribution in [3.63, 3.8) is 0 Å². The fourth-order valence-corrected chi connectivity index (χ4v) is 2.30. The van der Waals surface area contributed by atoms with E-state index in [1.165, 1.54) is 6.42 Å². The maximum Gasteiger partial charge on any atom is 0.193 e. The fourth-order valence-electron chi connectivity index (χ4n) is 2.30. The van der Waals surface area contributed by atoms with E-state index in [9.17, 15) is 0 Å². The summed E-state index contributed by atoms with van der Waals surface area (Å²) in [6.45, 7) is 4.43. The molecule has 116 valence electrons. The van der Waals surface area contributed by atoms with Crippen LogP contribution in [-0.4, -0.2) is 25.7 Å². The van der Waals surface area contributed by atoms with Gasteiger partial charge in [-0.1, -0.05) is 6.92 Å². The van der Waals surface area contributed by atoms with Crippen LogP contribution in [0.25, 0.3) is 0 Å². The molecule has 3 rings (SSSR count). The van der Waals surface area contributed by atoms with E-state index in [0.29, 0.717) is 25.1 Å². The molecular weight excluding hydrogens is 381 g/mol. The number of ether oxygens (including phenoxy) is 2. The lowest BCUT2D eigenvalue weighted by Crippen LogP contribution is -2.23. The maximum atomic E-state index is 5.90. The van der Waals surface area contributed by atoms with Gasteiger partial charge in [0.15, 0.2) is 17.5 Å². The number of anilines is 1. The molecule has 21 heavy (non-hydrogen) atoms. The highest BCUT2D eigenvalue weighted by molar-refractivity contribution is 14.0. The van der Waals surface area contributed by atoms with Crippen molar-refractivity contribution in [2.45, 2.75) is 19.8 Å². The molecule has 1 aromatic rings. The van der Waals surface area contributed by atoms with Crippen molar-refractivity contribution >= 4 is 35.6 Å². The fraction of sp³-hybridized carbons (Fsp3) is 0.533. The Hall–Kier alpha value is -1.18. The smallest absolute Gasteiger partial charge is 0.193 e. The van der Waals surface area contributed by atoms with Gasteiger partial charge in [-0.15, -0.1) is 24.0 Å². The van der Waals surface area contributed by atoms with E-state index in [2.05, 4.69) is 17.2 Å². The third-order valence-electron chi connectivity index (χ3n) is 3.79. The van der Waals surface area contributed by atoms with Crippen LogP contribution in [0.4, 0.5) is 5.69 Å². The summed E-state index contributed by atoms with van der Waals surface area (Å²) in [6.07, 6.45) is 2.17. The number of benzene rings is 1. The normalized spacial score (nSPS) is 23.8. The Morgan fingerprint density at radius 1 is 1.33 bits per heavy atom. The van der Waals surface area contributed by atoms with Crippen LogP contribution in [0.1, 0.15) is 19.8 Å². The van der Waals surface area contributed by atoms with Crippen LogP contribution in [0.15, 0.2) is 23.2 Å². The Bertz CT molecular complexity index is 522. The number of nitrogens with one attached hydrogen (secondary N) is 1. The SMILES string of the molecule is CC1CC1CN=C(N)Nc1ccc2c(c1)OCCCO2.I. The molecule has 3 N–H and O–H groups in total. The number of nitrogens with zero attached hydrogens (tertiary/aromatic N) is 1. The number of rotatable bonds is 3. The Kier molecular flexibility index (Phi) is 5.55. The third kappa shape index (κ3) is 4.39. The zero-order valence-corrected chi connectivity index (χ0v) is 14.5. The number of guanidine groups is 1. The summed E-state index contributed by atoms with van der Waals surface area (Å²) in [7, 11) is 0. The minimum Gasteiger partial charge on any atom is -0.490 e. The lowest BCUT2D eigenvalue weighted by molar-refractivity contribution is 0.297. The van der Waals surface area contributed by atoms with Crippen LogP contribution in [-0.2, 0) is 0 Å². The summed E-state index contributed by atoms with van der Waals surface area (Å²) in [6, 6.07) is 5.73. The molecule has 0 radical (unpaired) electrons. The van der Waals surface area contributed by atoms with Gasteiger partial charge in [-0.05, 0) is 30.4 Å². The lowest BCUT2D eigenvalue weighted by Gasteiger charge is -2.10. The zero-order chi connectivity index (χ0) is 13.9. The first-order valence-corrected chi connectivity index (χ1v) is 7.19. The summed E-state index contributed by atoms with van der Waals surface area (Å²) in [4.78, 5) is 4.37. The molecule has 1 fully saturated rings. The molecule has 2 aliphatic rings. The second-order valence-electron chi connectivity index (χ2n) is 5.54. The molecule has 2 unspecified atom stereocenters. The zero-order valence-electron chi connectivity index (χ0n) is 12.2. The largest absolute Gasteiger partial charge is 0.490 e. The molecule has 1 heterocycles. The number of hydrogen-bond donors (Lipinski definition) is 2. The summed E-state index contributed by atoms with van der Waals surface area (Å²) in [5, 5.41) is 3.10. The van der Waals surface area contributed by atoms with Gasteiger partial charge in [-0.2, -0.15) is 0 Å². The highest BCUT2D eigenvalue weighted by Gasteiger charge is 2.31. The van der Waals surface area contributed by atoms with Crippen molar-refractivity contribution in [3.05, 3.63) is 18.2 Å². The van der Waals surface area contributed by atoms with Crippen molar-refractivity contribution in [1.82, 2.24) is 0 Å². The molecule has 0 aromatic heterocycles. The highest BCUT2D eigenvalue weighted by Crippen LogP contribution is 2.37. The summed E-state index contributed by atoms with van der Waals surface area (Å²) in [5.74, 6) is 3.51. The summed E-state index contributed by atoms with van der Waals surface area (Å²) < 4.78 is 11.2. The van der Waals surface area contributed by atoms with Gasteiger partial charge in [0.2, 0.25) is 0 Å². The van der Waals surface area contributed by atoms with Crippen molar-refractivity contribution in [1.29, 1.82) is 0 Å². The Labute approximate surface area is 142 Å². The number of nitrogens with two attached hydrogens (primary N) is 1. The van der Waals surface area contributed by atoms with Gasteiger partial charge in [0.1, 0.15) is 0 Å². The standard InChI is InChI=1S/C15H21N3O2.HI/c1-10-7-11(10)9-17-15(16)18-12-3-4-13-14(8-12)20-6-2-5-19-13;/h3-4,8,10-11H,2,5-7,9H2,1H3,(H3,16,17,18);1H. The van der Waals surface area contributed by atoms with Gasteiger partial charge in [-0.3, -0.25) is 4.99 Å². The first-order valence-electron chi connectivity index (χ1n) is 7.19. The quantitative estimate of drug-likeness (QED) is 0.463. The van der Waals surface area contributed by atoms with Gasteiger partial charge in [-0.25, -0.2) is 0 Å². The second-order valence-corrected chi connectivity index (χ2v) is 5.54. The van der Waals surface area contributed by atoms with E-state index in [1.807, 2.05) is 18.2 Å². The van der Waals surface area contributed by atoms with E-state index >= 15 is 0 Å². The second kappa shape index (κ2) is 7.20. The molecule has 0 bridgehead atoms. The highest BCUT2D eigenvalue weighted by atomic mass is 127. The monoisotopic (exact) mass is 403 g/mol. The predicted molar refractivity (Wildman–Crippen MR) is 94.8 cm³/mol. The number of halogens is 1. The predicted octanol–water partition coefficient (Wildman–Crippen LogP) is 2.85. The molecule has 6 heteroatoms. The van der Waals surface area contributed by atoms with Crippen molar-refractivity contribution < 1.29 is 9.47 Å². The molecule has 5 nitrogen and oxygen atoms in total. The van der Waals surface area contributed by atoms with Crippen LogP contribution in [0, 0.1) is 11.8 Å². The first kappa shape index (κ1) is 16.2. The van der Waals surface area contributed by atoms with Crippen LogP contribution >= 0.6 is 24.0 Å². The number of fused-ring (bicyclic) bond motifs is 1. The van der Waals surface area contributed by atoms with Crippen molar-refractivity contribution in [3.8, 4) is 11.5 Å². The van der Waals surface area contributed by atoms with Gasteiger partial charge in [0.25, 0.3) is 0 Å². The van der Waals surface area contributed by atoms with Crippen molar-refractivity contribution in [2.24, 2.45) is 22.6 Å². The Balaban J connectivity index is 0.00000161. The van der Waals surface area contributed by atoms with Crippen LogP contribution in [0.5, 0.6) is 11.5 Å². The molecule has 0 amide bonds. The first-order chi connectivity index (χ1) is 9.72. The number of aliphatic imine (C=N–C) groups is 1. The minimum absolute atomic E-state index is 0. The van der Waals surface area contributed by atoms with Crippen LogP contribution in [0.2, 0.25) is 0 Å². The minimum atomic E-state index is 0. The van der Waals surface area contributed by atoms with E-state index in [1.54, 1.807) is 0 Å². The third-order valence-corrected chi connectivity index (χ3v) is 3.79. The van der Waals surface area contributed by atoms with E-state index < -0.39 is 0 Å². The molecule has 0 spiro atoms. The molecule has 1 aliphatic carbocycles. The van der Waals surface area contributed by atoms with Crippen LogP contribution in [0.3, 0.4) is 0 Å². The van der Waals surface area contributed by atoms with Gasteiger partial charge < -0.3 is 20.5 Å². The van der Waals surface area contributed by atoms with Gasteiger partial charge in [0, 0.05) is 24.7 Å². The summed E-state index contributed by atoms with van der Waals surface area (Å²) in [5.41, 5.74) is 6.78. The molecular formula is C15H22IN3O2. The average molecular weight is 403 g/mol.